The molecule has 33 heavy (non-hydrogen) atoms. The molecule has 0 radical (unpaired) electrons. The lowest BCUT2D eigenvalue weighted by atomic mass is 10.0. The van der Waals surface area contributed by atoms with Crippen LogP contribution in [0.2, 0.25) is 0 Å². The molecule has 182 valence electrons. The van der Waals surface area contributed by atoms with Crippen LogP contribution in [-0.4, -0.2) is 34.6 Å². The molecular formula is C27H39NO4S. The highest BCUT2D eigenvalue weighted by atomic mass is 32.1. The molecule has 5 nitrogen and oxygen atoms in total. The van der Waals surface area contributed by atoms with Crippen LogP contribution in [0, 0.1) is 0 Å². The summed E-state index contributed by atoms with van der Waals surface area (Å²) in [4.78, 5) is 16.0. The largest absolute Gasteiger partial charge is 0.459 e. The molecule has 0 saturated carbocycles. The highest BCUT2D eigenvalue weighted by molar-refractivity contribution is 7.13. The zero-order valence-corrected chi connectivity index (χ0v) is 21.0. The number of carbonyl (C=O) groups excluding carboxylic acids is 1. The Hall–Kier alpha value is -1.89. The number of thiophene rings is 1. The maximum absolute atomic E-state index is 12.1. The Morgan fingerprint density at radius 1 is 1.12 bits per heavy atom. The van der Waals surface area contributed by atoms with Crippen molar-refractivity contribution in [1.82, 2.24) is 0 Å². The van der Waals surface area contributed by atoms with Crippen LogP contribution in [-0.2, 0) is 11.2 Å². The molecule has 0 unspecified atom stereocenters. The Balaban J connectivity index is 1.53. The number of carbonyl (C=O) groups is 1. The number of aliphatic hydroxyl groups is 2. The fraction of sp³-hybridized carbons (Fsp3) is 0.593. The van der Waals surface area contributed by atoms with Gasteiger partial charge in [-0.15, -0.1) is 11.3 Å². The monoisotopic (exact) mass is 473 g/mol. The summed E-state index contributed by atoms with van der Waals surface area (Å²) >= 11 is 1.51. The number of ether oxygens (including phenoxy) is 1. The van der Waals surface area contributed by atoms with Gasteiger partial charge in [0.05, 0.1) is 12.2 Å². The Labute approximate surface area is 202 Å². The molecule has 1 aliphatic rings. The summed E-state index contributed by atoms with van der Waals surface area (Å²) in [6.07, 6.45) is 7.79. The fourth-order valence-corrected chi connectivity index (χ4v) is 5.49. The first-order chi connectivity index (χ1) is 15.9. The van der Waals surface area contributed by atoms with Crippen LogP contribution >= 0.6 is 11.3 Å². The van der Waals surface area contributed by atoms with Crippen molar-refractivity contribution in [2.75, 3.05) is 4.90 Å². The number of aliphatic hydroxyl groups excluding tert-OH is 2. The fourth-order valence-electron chi connectivity index (χ4n) is 4.56. The zero-order chi connectivity index (χ0) is 23.8. The predicted octanol–water partition coefficient (Wildman–Crippen LogP) is 6.24. The first kappa shape index (κ1) is 25.7. The van der Waals surface area contributed by atoms with Gasteiger partial charge in [0.1, 0.15) is 11.1 Å². The summed E-state index contributed by atoms with van der Waals surface area (Å²) in [5, 5.41) is 21.0. The van der Waals surface area contributed by atoms with Gasteiger partial charge in [0.15, 0.2) is 0 Å². The molecule has 1 fully saturated rings. The Morgan fingerprint density at radius 3 is 2.58 bits per heavy atom. The van der Waals surface area contributed by atoms with Crippen LogP contribution in [0.5, 0.6) is 0 Å². The first-order valence-electron chi connectivity index (χ1n) is 12.4. The van der Waals surface area contributed by atoms with Crippen molar-refractivity contribution in [1.29, 1.82) is 0 Å². The number of unbranched alkanes of at least 4 members (excludes halogenated alkanes) is 2. The van der Waals surface area contributed by atoms with E-state index in [1.54, 1.807) is 0 Å². The summed E-state index contributed by atoms with van der Waals surface area (Å²) in [5.41, 5.74) is 1.97. The maximum Gasteiger partial charge on any atom is 0.348 e. The molecule has 0 aliphatic carbocycles. The summed E-state index contributed by atoms with van der Waals surface area (Å²) in [6.45, 7) is 5.88. The van der Waals surface area contributed by atoms with E-state index in [4.69, 9.17) is 4.74 Å². The SMILES string of the molecule is CCCCC[C@H](O)c1ccc(N2[C@@H](CCCc3ccc(C(=O)OC(C)C)s3)CC[C@@H]2O)cc1. The number of esters is 1. The number of anilines is 1. The van der Waals surface area contributed by atoms with E-state index in [2.05, 4.69) is 11.8 Å². The molecule has 0 spiro atoms. The quantitative estimate of drug-likeness (QED) is 0.282. The van der Waals surface area contributed by atoms with Crippen molar-refractivity contribution >= 4 is 23.0 Å². The lowest BCUT2D eigenvalue weighted by Gasteiger charge is -2.30. The first-order valence-corrected chi connectivity index (χ1v) is 13.2. The van der Waals surface area contributed by atoms with Crippen molar-refractivity contribution in [2.24, 2.45) is 0 Å². The minimum absolute atomic E-state index is 0.110. The van der Waals surface area contributed by atoms with E-state index in [9.17, 15) is 15.0 Å². The van der Waals surface area contributed by atoms with Gasteiger partial charge in [0.25, 0.3) is 0 Å². The minimum Gasteiger partial charge on any atom is -0.459 e. The van der Waals surface area contributed by atoms with Crippen molar-refractivity contribution in [3.63, 3.8) is 0 Å². The van der Waals surface area contributed by atoms with E-state index in [0.717, 1.165) is 69.0 Å². The number of nitrogens with zero attached hydrogens (tertiary/aromatic N) is 1. The Kier molecular flexibility index (Phi) is 9.78. The van der Waals surface area contributed by atoms with Crippen molar-refractivity contribution in [3.8, 4) is 0 Å². The van der Waals surface area contributed by atoms with E-state index in [1.165, 1.54) is 16.2 Å². The lowest BCUT2D eigenvalue weighted by molar-refractivity contribution is 0.0384. The second-order valence-corrected chi connectivity index (χ2v) is 10.5. The summed E-state index contributed by atoms with van der Waals surface area (Å²) < 4.78 is 5.28. The lowest BCUT2D eigenvalue weighted by Crippen LogP contribution is -2.36. The molecule has 2 heterocycles. The maximum atomic E-state index is 12.1. The van der Waals surface area contributed by atoms with Crippen LogP contribution in [0.15, 0.2) is 36.4 Å². The van der Waals surface area contributed by atoms with Crippen molar-refractivity contribution in [2.45, 2.75) is 103 Å². The zero-order valence-electron chi connectivity index (χ0n) is 20.2. The van der Waals surface area contributed by atoms with Gasteiger partial charge in [-0.25, -0.2) is 4.79 Å². The molecule has 2 N–H and O–H groups in total. The third-order valence-corrected chi connectivity index (χ3v) is 7.42. The topological polar surface area (TPSA) is 70.0 Å². The Bertz CT molecular complexity index is 863. The third-order valence-electron chi connectivity index (χ3n) is 6.30. The van der Waals surface area contributed by atoms with Gasteiger partial charge in [0.2, 0.25) is 0 Å². The third kappa shape index (κ3) is 7.29. The normalized spacial score (nSPS) is 19.3. The molecule has 0 bridgehead atoms. The number of benzene rings is 1. The van der Waals surface area contributed by atoms with Crippen LogP contribution in [0.1, 0.15) is 98.4 Å². The van der Waals surface area contributed by atoms with Crippen LogP contribution in [0.25, 0.3) is 0 Å². The standard InChI is InChI=1S/C27H39NO4S/c1-4-5-6-10-24(29)20-11-13-22(14-12-20)28-21(15-18-26(28)30)8-7-9-23-16-17-25(33-23)27(31)32-19(2)3/h11-14,16-17,19,21,24,26,29-30H,4-10,15,18H2,1-3H3/t21-,24-,26-/m0/s1. The van der Waals surface area contributed by atoms with Crippen LogP contribution < -0.4 is 4.90 Å². The highest BCUT2D eigenvalue weighted by Crippen LogP contribution is 2.33. The molecule has 1 aliphatic heterocycles. The van der Waals surface area contributed by atoms with E-state index in [-0.39, 0.29) is 12.1 Å². The van der Waals surface area contributed by atoms with Gasteiger partial charge in [-0.05, 0) is 82.2 Å². The second-order valence-electron chi connectivity index (χ2n) is 9.33. The number of rotatable bonds is 12. The molecule has 3 atom stereocenters. The molecular weight excluding hydrogens is 434 g/mol. The molecule has 3 rings (SSSR count). The summed E-state index contributed by atoms with van der Waals surface area (Å²) in [5.74, 6) is -0.245. The smallest absolute Gasteiger partial charge is 0.348 e. The van der Waals surface area contributed by atoms with Gasteiger partial charge in [-0.2, -0.15) is 0 Å². The number of aryl methyl sites for hydroxylation is 1. The predicted molar refractivity (Wildman–Crippen MR) is 135 cm³/mol. The molecule has 1 aromatic carbocycles. The van der Waals surface area contributed by atoms with Crippen molar-refractivity contribution in [3.05, 3.63) is 51.7 Å². The average molecular weight is 474 g/mol. The molecule has 2 aromatic rings. The molecule has 1 saturated heterocycles. The summed E-state index contributed by atoms with van der Waals surface area (Å²) in [6, 6.07) is 12.2. The molecule has 1 aromatic heterocycles. The highest BCUT2D eigenvalue weighted by Gasteiger charge is 2.31. The van der Waals surface area contributed by atoms with Crippen LogP contribution in [0.4, 0.5) is 5.69 Å². The minimum atomic E-state index is -0.463. The van der Waals surface area contributed by atoms with E-state index >= 15 is 0 Å². The second kappa shape index (κ2) is 12.5. The Morgan fingerprint density at radius 2 is 1.88 bits per heavy atom. The number of hydrogen-bond acceptors (Lipinski definition) is 6. The van der Waals surface area contributed by atoms with Crippen LogP contribution in [0.3, 0.4) is 0 Å². The molecule has 0 amide bonds. The van der Waals surface area contributed by atoms with E-state index < -0.39 is 12.3 Å². The van der Waals surface area contributed by atoms with Gasteiger partial charge in [-0.1, -0.05) is 38.3 Å². The van der Waals surface area contributed by atoms with E-state index in [0.29, 0.717) is 10.9 Å². The van der Waals surface area contributed by atoms with Crippen molar-refractivity contribution < 1.29 is 19.7 Å². The van der Waals surface area contributed by atoms with E-state index in [1.807, 2.05) is 50.2 Å². The van der Waals surface area contributed by atoms with Gasteiger partial charge in [-0.3, -0.25) is 0 Å². The summed E-state index contributed by atoms with van der Waals surface area (Å²) in [7, 11) is 0. The number of hydrogen-bond donors (Lipinski definition) is 2. The van der Waals surface area contributed by atoms with Gasteiger partial charge in [0, 0.05) is 16.6 Å². The molecule has 6 heteroatoms. The van der Waals surface area contributed by atoms with Gasteiger partial charge >= 0.3 is 5.97 Å². The van der Waals surface area contributed by atoms with Gasteiger partial charge < -0.3 is 19.8 Å². The average Bonchev–Trinajstić information content (AvgIpc) is 3.40.